The smallest absolute Gasteiger partial charge is 0 e. The predicted octanol–water partition coefficient (Wildman–Crippen LogP) is 5.93. The van der Waals surface area contributed by atoms with Gasteiger partial charge in [-0.1, -0.05) is 55.5 Å². The average Bonchev–Trinajstić information content (AvgIpc) is 2.46. The fourth-order valence-corrected chi connectivity index (χ4v) is 3.25. The maximum atomic E-state index is 3.66. The number of benzene rings is 2. The van der Waals surface area contributed by atoms with Crippen LogP contribution in [0.5, 0.6) is 0 Å². The van der Waals surface area contributed by atoms with Crippen molar-refractivity contribution in [2.75, 3.05) is 0 Å². The normalized spacial score (nSPS) is 10.6. The molecule has 0 spiro atoms. The first-order valence-corrected chi connectivity index (χ1v) is 7.75. The van der Waals surface area contributed by atoms with E-state index in [0.717, 1.165) is 0 Å². The van der Waals surface area contributed by atoms with Crippen LogP contribution in [0, 0.1) is 68.4 Å². The van der Waals surface area contributed by atoms with Gasteiger partial charge in [-0.05, 0) is 40.2 Å². The van der Waals surface area contributed by atoms with Crippen LogP contribution in [-0.2, 0) is 32.7 Å². The second-order valence-corrected chi connectivity index (χ2v) is 6.50. The number of hydrogen-bond acceptors (Lipinski definition) is 0. The van der Waals surface area contributed by atoms with Crippen LogP contribution >= 0.6 is 0 Å². The summed E-state index contributed by atoms with van der Waals surface area (Å²) in [5, 5.41) is 0. The molecule has 2 aromatic rings. The van der Waals surface area contributed by atoms with Crippen LogP contribution in [0.25, 0.3) is 11.1 Å². The molecule has 0 aromatic heterocycles. The molecular formula is C21H27Y-. The van der Waals surface area contributed by atoms with Crippen molar-refractivity contribution >= 4 is 0 Å². The number of aryl methyl sites for hydroxylation is 1. The maximum Gasteiger partial charge on any atom is 0 e. The third-order valence-corrected chi connectivity index (χ3v) is 5.62. The molecule has 0 saturated carbocycles. The Bertz CT molecular complexity index is 708. The largest absolute Gasteiger partial charge is 0.139 e. The number of rotatable bonds is 1. The first-order chi connectivity index (χ1) is 9.68. The van der Waals surface area contributed by atoms with E-state index in [9.17, 15) is 0 Å². The summed E-state index contributed by atoms with van der Waals surface area (Å²) in [6, 6.07) is 3.66. The van der Waals surface area contributed by atoms with Gasteiger partial charge in [0.1, 0.15) is 0 Å². The van der Waals surface area contributed by atoms with Crippen molar-refractivity contribution in [3.63, 3.8) is 0 Å². The minimum atomic E-state index is 0. The van der Waals surface area contributed by atoms with E-state index in [4.69, 9.17) is 0 Å². The monoisotopic (exact) mass is 368 g/mol. The fourth-order valence-electron chi connectivity index (χ4n) is 3.25. The zero-order chi connectivity index (χ0) is 16.1. The quantitative estimate of drug-likeness (QED) is 0.548. The van der Waals surface area contributed by atoms with Crippen LogP contribution in [0.4, 0.5) is 0 Å². The molecule has 0 amide bonds. The van der Waals surface area contributed by atoms with Gasteiger partial charge in [0, 0.05) is 32.7 Å². The van der Waals surface area contributed by atoms with E-state index < -0.39 is 0 Å². The molecule has 0 unspecified atom stereocenters. The van der Waals surface area contributed by atoms with Crippen molar-refractivity contribution in [3.8, 4) is 11.1 Å². The van der Waals surface area contributed by atoms with Gasteiger partial charge in [0.25, 0.3) is 0 Å². The van der Waals surface area contributed by atoms with E-state index in [2.05, 4.69) is 68.4 Å². The van der Waals surface area contributed by atoms with Crippen LogP contribution in [0.2, 0.25) is 0 Å². The zero-order valence-electron chi connectivity index (χ0n) is 15.6. The maximum absolute atomic E-state index is 3.66. The molecule has 2 rings (SSSR count). The summed E-state index contributed by atoms with van der Waals surface area (Å²) in [7, 11) is 0. The molecule has 0 heterocycles. The van der Waals surface area contributed by atoms with E-state index in [1.165, 1.54) is 61.2 Å². The molecule has 0 saturated heterocycles. The summed E-state index contributed by atoms with van der Waals surface area (Å²) in [6.07, 6.45) is 0. The Morgan fingerprint density at radius 3 is 1.27 bits per heavy atom. The van der Waals surface area contributed by atoms with Crippen LogP contribution in [0.15, 0.2) is 0 Å². The summed E-state index contributed by atoms with van der Waals surface area (Å²) in [5.74, 6) is 0. The zero-order valence-corrected chi connectivity index (χ0v) is 18.4. The van der Waals surface area contributed by atoms with Gasteiger partial charge in [0.2, 0.25) is 0 Å². The second-order valence-electron chi connectivity index (χ2n) is 6.50. The molecule has 0 bridgehead atoms. The topological polar surface area (TPSA) is 0 Å². The van der Waals surface area contributed by atoms with Crippen molar-refractivity contribution in [1.29, 1.82) is 0 Å². The molecular weight excluding hydrogens is 341 g/mol. The van der Waals surface area contributed by atoms with Crippen molar-refractivity contribution in [2.24, 2.45) is 0 Å². The molecule has 0 aliphatic rings. The molecule has 0 aliphatic carbocycles. The molecule has 0 aliphatic heterocycles. The Morgan fingerprint density at radius 2 is 0.818 bits per heavy atom. The second kappa shape index (κ2) is 6.97. The van der Waals surface area contributed by atoms with E-state index in [1.807, 2.05) is 0 Å². The van der Waals surface area contributed by atoms with Gasteiger partial charge in [0.05, 0.1) is 0 Å². The van der Waals surface area contributed by atoms with Gasteiger partial charge in [-0.15, -0.1) is 33.9 Å². The van der Waals surface area contributed by atoms with E-state index in [0.29, 0.717) is 0 Å². The molecule has 0 N–H and O–H groups in total. The first kappa shape index (κ1) is 19.6. The van der Waals surface area contributed by atoms with Crippen LogP contribution in [-0.4, -0.2) is 0 Å². The van der Waals surface area contributed by atoms with E-state index in [-0.39, 0.29) is 32.7 Å². The third-order valence-electron chi connectivity index (χ3n) is 5.62. The molecule has 2 aromatic carbocycles. The summed E-state index contributed by atoms with van der Waals surface area (Å²) in [4.78, 5) is 0. The van der Waals surface area contributed by atoms with Gasteiger partial charge >= 0.3 is 0 Å². The first-order valence-electron chi connectivity index (χ1n) is 7.75. The van der Waals surface area contributed by atoms with Crippen molar-refractivity contribution in [2.45, 2.75) is 62.3 Å². The summed E-state index contributed by atoms with van der Waals surface area (Å²) < 4.78 is 0. The van der Waals surface area contributed by atoms with Gasteiger partial charge in [-0.3, -0.25) is 0 Å². The molecule has 0 fully saturated rings. The van der Waals surface area contributed by atoms with Crippen molar-refractivity contribution < 1.29 is 32.7 Å². The Balaban J connectivity index is 0.00000242. The van der Waals surface area contributed by atoms with Crippen LogP contribution in [0.3, 0.4) is 0 Å². The van der Waals surface area contributed by atoms with Gasteiger partial charge < -0.3 is 0 Å². The summed E-state index contributed by atoms with van der Waals surface area (Å²) >= 11 is 0. The minimum Gasteiger partial charge on any atom is -0.139 e. The predicted molar refractivity (Wildman–Crippen MR) is 93.3 cm³/mol. The molecule has 1 radical (unpaired) electrons. The van der Waals surface area contributed by atoms with Crippen molar-refractivity contribution in [1.82, 2.24) is 0 Å². The fraction of sp³-hybridized carbons (Fsp3) is 0.429. The molecule has 1 heteroatoms. The molecule has 0 nitrogen and oxygen atoms in total. The van der Waals surface area contributed by atoms with Crippen LogP contribution < -0.4 is 0 Å². The number of hydrogen-bond donors (Lipinski definition) is 0. The standard InChI is InChI=1S/C21H27.Y/c1-11-10-20(17(7)13(3)12(11)2)21-18(8)15(5)14(4)16(6)19(21)9;/h1-9H3;/q-1;. The van der Waals surface area contributed by atoms with Gasteiger partial charge in [-0.2, -0.15) is 0 Å². The summed E-state index contributed by atoms with van der Waals surface area (Å²) in [6.45, 7) is 20.0. The third kappa shape index (κ3) is 2.97. The van der Waals surface area contributed by atoms with E-state index in [1.54, 1.807) is 0 Å². The molecule has 0 atom stereocenters. The Kier molecular flexibility index (Phi) is 6.21. The van der Waals surface area contributed by atoms with Crippen LogP contribution in [0.1, 0.15) is 50.1 Å². The van der Waals surface area contributed by atoms with Crippen molar-refractivity contribution in [3.05, 3.63) is 56.1 Å². The summed E-state index contributed by atoms with van der Waals surface area (Å²) in [5.41, 5.74) is 15.1. The Labute approximate surface area is 161 Å². The Hall–Kier alpha value is -0.456. The minimum absolute atomic E-state index is 0. The van der Waals surface area contributed by atoms with Gasteiger partial charge in [-0.25, -0.2) is 0 Å². The average molecular weight is 368 g/mol. The SMILES string of the molecule is Cc1[c-]c(-c2c(C)c(C)c(C)c(C)c2C)c(C)c(C)c1C.[Y]. The van der Waals surface area contributed by atoms with Gasteiger partial charge in [0.15, 0.2) is 0 Å². The van der Waals surface area contributed by atoms with E-state index >= 15 is 0 Å². The molecule has 115 valence electrons. The molecule has 22 heavy (non-hydrogen) atoms. The Morgan fingerprint density at radius 1 is 0.455 bits per heavy atom.